The summed E-state index contributed by atoms with van der Waals surface area (Å²) in [6.07, 6.45) is 0.142. The van der Waals surface area contributed by atoms with E-state index in [0.717, 1.165) is 5.56 Å². The van der Waals surface area contributed by atoms with Gasteiger partial charge in [-0.3, -0.25) is 14.9 Å². The Kier molecular flexibility index (Phi) is 8.04. The lowest BCUT2D eigenvalue weighted by molar-refractivity contribution is -0.385. The molecular weight excluding hydrogens is 405 g/mol. The Bertz CT molecular complexity index is 834. The number of rotatable bonds is 6. The van der Waals surface area contributed by atoms with E-state index in [1.54, 1.807) is 18.2 Å². The third kappa shape index (κ3) is 5.34. The Morgan fingerprint density at radius 2 is 2.07 bits per heavy atom. The molecule has 1 aliphatic heterocycles. The summed E-state index contributed by atoms with van der Waals surface area (Å²) in [4.78, 5) is 25.1. The number of halogens is 2. The molecule has 1 unspecified atom stereocenters. The number of piperazine rings is 1. The zero-order valence-electron chi connectivity index (χ0n) is 15.0. The largest absolute Gasteiger partial charge is 0.486 e. The summed E-state index contributed by atoms with van der Waals surface area (Å²) in [5.74, 6) is 0.113. The van der Waals surface area contributed by atoms with Crippen molar-refractivity contribution >= 4 is 35.6 Å². The molecule has 1 aliphatic rings. The lowest BCUT2D eigenvalue weighted by Crippen LogP contribution is -2.48. The van der Waals surface area contributed by atoms with Gasteiger partial charge in [-0.1, -0.05) is 35.9 Å². The number of hydrogen-bond donors (Lipinski definition) is 1. The third-order valence-corrected chi connectivity index (χ3v) is 4.67. The number of para-hydroxylation sites is 2. The van der Waals surface area contributed by atoms with E-state index in [0.29, 0.717) is 24.7 Å². The zero-order valence-corrected chi connectivity index (χ0v) is 16.6. The molecule has 0 aliphatic carbocycles. The van der Waals surface area contributed by atoms with Crippen LogP contribution in [0, 0.1) is 10.1 Å². The highest BCUT2D eigenvalue weighted by Gasteiger charge is 2.28. The van der Waals surface area contributed by atoms with Crippen LogP contribution in [0.3, 0.4) is 0 Å². The minimum absolute atomic E-state index is 0. The minimum atomic E-state index is -0.497. The second kappa shape index (κ2) is 10.3. The van der Waals surface area contributed by atoms with E-state index < -0.39 is 4.92 Å². The van der Waals surface area contributed by atoms with Crippen molar-refractivity contribution in [2.75, 3.05) is 26.2 Å². The van der Waals surface area contributed by atoms with Crippen LogP contribution in [0.15, 0.2) is 48.5 Å². The number of nitrogens with zero attached hydrogens (tertiary/aromatic N) is 2. The van der Waals surface area contributed by atoms with Crippen LogP contribution in [-0.2, 0) is 4.79 Å². The predicted octanol–water partition coefficient (Wildman–Crippen LogP) is 3.61. The van der Waals surface area contributed by atoms with Crippen LogP contribution in [0.4, 0.5) is 5.69 Å². The molecule has 2 aromatic rings. The van der Waals surface area contributed by atoms with Gasteiger partial charge in [-0.15, -0.1) is 12.4 Å². The molecule has 3 rings (SSSR count). The highest BCUT2D eigenvalue weighted by atomic mass is 35.5. The standard InChI is InChI=1S/C19H20ClN3O4.ClH/c20-15-5-3-4-14(12-15)17-13-21-9-10-22(17)19(24)8-11-27-18-7-2-1-6-16(18)23(25)26;/h1-7,12,17,21H,8-11,13H2;1H. The normalized spacial score (nSPS) is 16.2. The predicted molar refractivity (Wildman–Crippen MR) is 109 cm³/mol. The van der Waals surface area contributed by atoms with Gasteiger partial charge in [0.2, 0.25) is 5.91 Å². The van der Waals surface area contributed by atoms with Crippen molar-refractivity contribution in [3.8, 4) is 5.75 Å². The summed E-state index contributed by atoms with van der Waals surface area (Å²) in [6, 6.07) is 13.5. The molecule has 0 spiro atoms. The van der Waals surface area contributed by atoms with Gasteiger partial charge in [0.05, 0.1) is 24.0 Å². The Balaban J connectivity index is 0.00000280. The molecular formula is C19H21Cl2N3O4. The van der Waals surface area contributed by atoms with Crippen LogP contribution in [0.5, 0.6) is 5.75 Å². The van der Waals surface area contributed by atoms with E-state index in [-0.39, 0.29) is 48.8 Å². The molecule has 2 aromatic carbocycles. The number of benzene rings is 2. The fraction of sp³-hybridized carbons (Fsp3) is 0.316. The monoisotopic (exact) mass is 425 g/mol. The quantitative estimate of drug-likeness (QED) is 0.564. The second-order valence-corrected chi connectivity index (χ2v) is 6.62. The molecule has 1 fully saturated rings. The molecule has 1 amide bonds. The number of nitrogens with one attached hydrogen (secondary N) is 1. The Hall–Kier alpha value is -2.35. The zero-order chi connectivity index (χ0) is 19.2. The fourth-order valence-electron chi connectivity index (χ4n) is 3.14. The van der Waals surface area contributed by atoms with Gasteiger partial charge in [0.25, 0.3) is 0 Å². The summed E-state index contributed by atoms with van der Waals surface area (Å²) in [6.45, 7) is 2.03. The van der Waals surface area contributed by atoms with Crippen LogP contribution in [0.25, 0.3) is 0 Å². The number of nitro groups is 1. The number of carbonyl (C=O) groups is 1. The van der Waals surface area contributed by atoms with Crippen molar-refractivity contribution in [1.82, 2.24) is 10.2 Å². The summed E-state index contributed by atoms with van der Waals surface area (Å²) < 4.78 is 5.49. The van der Waals surface area contributed by atoms with Gasteiger partial charge in [0, 0.05) is 30.7 Å². The van der Waals surface area contributed by atoms with Crippen molar-refractivity contribution in [3.05, 3.63) is 69.2 Å². The van der Waals surface area contributed by atoms with Crippen molar-refractivity contribution in [3.63, 3.8) is 0 Å². The first-order valence-corrected chi connectivity index (χ1v) is 9.06. The minimum Gasteiger partial charge on any atom is -0.486 e. The molecule has 1 heterocycles. The summed E-state index contributed by atoms with van der Waals surface area (Å²) in [5, 5.41) is 15.0. The van der Waals surface area contributed by atoms with Crippen LogP contribution in [0.2, 0.25) is 5.02 Å². The van der Waals surface area contributed by atoms with Gasteiger partial charge in [-0.25, -0.2) is 0 Å². The average molecular weight is 426 g/mol. The van der Waals surface area contributed by atoms with E-state index in [4.69, 9.17) is 16.3 Å². The molecule has 1 N–H and O–H groups in total. The highest BCUT2D eigenvalue weighted by molar-refractivity contribution is 6.30. The first-order valence-electron chi connectivity index (χ1n) is 8.68. The van der Waals surface area contributed by atoms with Gasteiger partial charge in [-0.05, 0) is 23.8 Å². The van der Waals surface area contributed by atoms with E-state index >= 15 is 0 Å². The topological polar surface area (TPSA) is 84.7 Å². The maximum Gasteiger partial charge on any atom is 0.310 e. The maximum atomic E-state index is 12.7. The first kappa shape index (κ1) is 21.9. The van der Waals surface area contributed by atoms with Gasteiger partial charge < -0.3 is 15.0 Å². The van der Waals surface area contributed by atoms with Crippen LogP contribution >= 0.6 is 24.0 Å². The van der Waals surface area contributed by atoms with E-state index in [1.807, 2.05) is 23.1 Å². The first-order chi connectivity index (χ1) is 13.1. The Morgan fingerprint density at radius 1 is 1.29 bits per heavy atom. The molecule has 0 radical (unpaired) electrons. The summed E-state index contributed by atoms with van der Waals surface area (Å²) in [5.41, 5.74) is 0.867. The number of nitro benzene ring substituents is 1. The van der Waals surface area contributed by atoms with Gasteiger partial charge >= 0.3 is 5.69 Å². The van der Waals surface area contributed by atoms with Crippen LogP contribution < -0.4 is 10.1 Å². The fourth-order valence-corrected chi connectivity index (χ4v) is 3.34. The maximum absolute atomic E-state index is 12.7. The van der Waals surface area contributed by atoms with E-state index in [9.17, 15) is 14.9 Å². The lowest BCUT2D eigenvalue weighted by atomic mass is 10.0. The van der Waals surface area contributed by atoms with Gasteiger partial charge in [-0.2, -0.15) is 0 Å². The molecule has 0 saturated carbocycles. The third-order valence-electron chi connectivity index (χ3n) is 4.43. The Morgan fingerprint density at radius 3 is 2.82 bits per heavy atom. The van der Waals surface area contributed by atoms with Gasteiger partial charge in [0.15, 0.2) is 5.75 Å². The van der Waals surface area contributed by atoms with E-state index in [1.165, 1.54) is 12.1 Å². The molecule has 0 aromatic heterocycles. The summed E-state index contributed by atoms with van der Waals surface area (Å²) >= 11 is 6.08. The number of carbonyl (C=O) groups excluding carboxylic acids is 1. The molecule has 1 saturated heterocycles. The second-order valence-electron chi connectivity index (χ2n) is 6.19. The smallest absolute Gasteiger partial charge is 0.310 e. The molecule has 0 bridgehead atoms. The number of amides is 1. The molecule has 1 atom stereocenters. The lowest BCUT2D eigenvalue weighted by Gasteiger charge is -2.36. The molecule has 28 heavy (non-hydrogen) atoms. The average Bonchev–Trinajstić information content (AvgIpc) is 2.68. The van der Waals surface area contributed by atoms with Crippen molar-refractivity contribution in [1.29, 1.82) is 0 Å². The molecule has 9 heteroatoms. The van der Waals surface area contributed by atoms with Crippen LogP contribution in [0.1, 0.15) is 18.0 Å². The van der Waals surface area contributed by atoms with Crippen LogP contribution in [-0.4, -0.2) is 42.0 Å². The van der Waals surface area contributed by atoms with Crippen molar-refractivity contribution in [2.24, 2.45) is 0 Å². The number of ether oxygens (including phenoxy) is 1. The SMILES string of the molecule is Cl.O=C(CCOc1ccccc1[N+](=O)[O-])N1CCNCC1c1cccc(Cl)c1. The number of hydrogen-bond acceptors (Lipinski definition) is 5. The molecule has 7 nitrogen and oxygen atoms in total. The Labute approximate surface area is 174 Å². The van der Waals surface area contributed by atoms with Gasteiger partial charge in [0.1, 0.15) is 0 Å². The summed E-state index contributed by atoms with van der Waals surface area (Å²) in [7, 11) is 0. The molecule has 150 valence electrons. The van der Waals surface area contributed by atoms with Crippen molar-refractivity contribution in [2.45, 2.75) is 12.5 Å². The van der Waals surface area contributed by atoms with E-state index in [2.05, 4.69) is 5.32 Å². The highest BCUT2D eigenvalue weighted by Crippen LogP contribution is 2.27. The van der Waals surface area contributed by atoms with Crippen molar-refractivity contribution < 1.29 is 14.5 Å².